The first-order valence-corrected chi connectivity index (χ1v) is 9.61. The van der Waals surface area contributed by atoms with E-state index in [9.17, 15) is 4.79 Å². The summed E-state index contributed by atoms with van der Waals surface area (Å²) in [6, 6.07) is 17.5. The van der Waals surface area contributed by atoms with Crippen LogP contribution < -0.4 is 10.1 Å². The van der Waals surface area contributed by atoms with Crippen LogP contribution in [0.3, 0.4) is 0 Å². The second kappa shape index (κ2) is 8.62. The average molecular weight is 395 g/mol. The monoisotopic (exact) mass is 395 g/mol. The Morgan fingerprint density at radius 3 is 2.82 bits per heavy atom. The number of furan rings is 1. The Hall–Kier alpha value is -3.26. The number of ether oxygens (including phenoxy) is 1. The van der Waals surface area contributed by atoms with E-state index in [4.69, 9.17) is 13.6 Å². The minimum absolute atomic E-state index is 0.145. The van der Waals surface area contributed by atoms with Gasteiger partial charge in [0, 0.05) is 0 Å². The standard InChI is InChI=1S/C20H17N3O4S/c24-18(21-11-17-6-3-9-25-17)13-28-20-23-22-19(27-20)12-26-16-8-7-14-4-1-2-5-15(14)10-16/h1-10H,11-13H2,(H,21,24). The maximum Gasteiger partial charge on any atom is 0.277 e. The summed E-state index contributed by atoms with van der Waals surface area (Å²) in [5, 5.41) is 13.2. The number of nitrogens with zero attached hydrogens (tertiary/aromatic N) is 2. The number of thioether (sulfide) groups is 1. The number of rotatable bonds is 8. The zero-order valence-electron chi connectivity index (χ0n) is 14.8. The maximum atomic E-state index is 11.8. The third kappa shape index (κ3) is 4.72. The molecule has 0 aliphatic heterocycles. The van der Waals surface area contributed by atoms with E-state index in [1.165, 1.54) is 11.8 Å². The normalized spacial score (nSPS) is 10.9. The molecule has 0 bridgehead atoms. The largest absolute Gasteiger partial charge is 0.484 e. The van der Waals surface area contributed by atoms with Crippen LogP contribution in [-0.2, 0) is 17.9 Å². The molecule has 0 radical (unpaired) electrons. The van der Waals surface area contributed by atoms with Gasteiger partial charge in [0.15, 0.2) is 6.61 Å². The molecule has 0 spiro atoms. The number of amides is 1. The van der Waals surface area contributed by atoms with E-state index < -0.39 is 0 Å². The summed E-state index contributed by atoms with van der Waals surface area (Å²) in [5.74, 6) is 1.81. The van der Waals surface area contributed by atoms with Crippen molar-refractivity contribution in [2.75, 3.05) is 5.75 Å². The molecule has 2 aromatic carbocycles. The lowest BCUT2D eigenvalue weighted by Crippen LogP contribution is -2.24. The van der Waals surface area contributed by atoms with Crippen molar-refractivity contribution >= 4 is 28.4 Å². The molecule has 7 nitrogen and oxygen atoms in total. The number of fused-ring (bicyclic) bond motifs is 1. The molecule has 2 aromatic heterocycles. The quantitative estimate of drug-likeness (QED) is 0.454. The van der Waals surface area contributed by atoms with Crippen LogP contribution in [0.15, 0.2) is 74.9 Å². The molecule has 142 valence electrons. The van der Waals surface area contributed by atoms with Crippen molar-refractivity contribution in [3.05, 3.63) is 72.5 Å². The Morgan fingerprint density at radius 2 is 1.96 bits per heavy atom. The van der Waals surface area contributed by atoms with Gasteiger partial charge in [-0.3, -0.25) is 4.79 Å². The number of nitrogens with one attached hydrogen (secondary N) is 1. The minimum Gasteiger partial charge on any atom is -0.484 e. The first kappa shape index (κ1) is 18.1. The van der Waals surface area contributed by atoms with Crippen molar-refractivity contribution in [3.63, 3.8) is 0 Å². The van der Waals surface area contributed by atoms with Crippen molar-refractivity contribution in [2.45, 2.75) is 18.4 Å². The van der Waals surface area contributed by atoms with Crippen molar-refractivity contribution in [3.8, 4) is 5.75 Å². The predicted octanol–water partition coefficient (Wildman–Crippen LogP) is 3.80. The molecular formula is C20H17N3O4S. The topological polar surface area (TPSA) is 90.4 Å². The zero-order chi connectivity index (χ0) is 19.2. The lowest BCUT2D eigenvalue weighted by Gasteiger charge is -2.04. The summed E-state index contributed by atoms with van der Waals surface area (Å²) in [7, 11) is 0. The smallest absolute Gasteiger partial charge is 0.277 e. The van der Waals surface area contributed by atoms with E-state index in [0.29, 0.717) is 23.4 Å². The molecule has 0 saturated carbocycles. The van der Waals surface area contributed by atoms with Crippen molar-refractivity contribution in [1.29, 1.82) is 0 Å². The summed E-state index contributed by atoms with van der Waals surface area (Å²) in [5.41, 5.74) is 0. The van der Waals surface area contributed by atoms with E-state index in [1.807, 2.05) is 42.5 Å². The Kier molecular flexibility index (Phi) is 5.58. The van der Waals surface area contributed by atoms with Gasteiger partial charge in [0.25, 0.3) is 11.1 Å². The minimum atomic E-state index is -0.145. The molecule has 8 heteroatoms. The highest BCUT2D eigenvalue weighted by Gasteiger charge is 2.11. The Labute approximate surface area is 165 Å². The van der Waals surface area contributed by atoms with E-state index >= 15 is 0 Å². The van der Waals surface area contributed by atoms with Crippen LogP contribution in [0.2, 0.25) is 0 Å². The second-order valence-corrected chi connectivity index (χ2v) is 6.83. The van der Waals surface area contributed by atoms with Gasteiger partial charge < -0.3 is 18.9 Å². The van der Waals surface area contributed by atoms with Gasteiger partial charge in [-0.05, 0) is 35.0 Å². The number of hydrogen-bond acceptors (Lipinski definition) is 7. The van der Waals surface area contributed by atoms with E-state index in [1.54, 1.807) is 18.4 Å². The number of benzene rings is 2. The number of carbonyl (C=O) groups is 1. The fourth-order valence-electron chi connectivity index (χ4n) is 2.53. The Morgan fingerprint density at radius 1 is 1.07 bits per heavy atom. The fraction of sp³-hybridized carbons (Fsp3) is 0.150. The lowest BCUT2D eigenvalue weighted by molar-refractivity contribution is -0.118. The highest BCUT2D eigenvalue weighted by molar-refractivity contribution is 7.99. The van der Waals surface area contributed by atoms with E-state index in [-0.39, 0.29) is 18.3 Å². The van der Waals surface area contributed by atoms with Gasteiger partial charge in [-0.15, -0.1) is 10.2 Å². The van der Waals surface area contributed by atoms with Gasteiger partial charge in [0.2, 0.25) is 5.91 Å². The Bertz CT molecular complexity index is 1060. The van der Waals surface area contributed by atoms with E-state index in [0.717, 1.165) is 16.5 Å². The predicted molar refractivity (Wildman–Crippen MR) is 104 cm³/mol. The van der Waals surface area contributed by atoms with Crippen LogP contribution in [0, 0.1) is 0 Å². The van der Waals surface area contributed by atoms with Crippen molar-refractivity contribution in [1.82, 2.24) is 15.5 Å². The molecule has 28 heavy (non-hydrogen) atoms. The summed E-state index contributed by atoms with van der Waals surface area (Å²) < 4.78 is 16.4. The molecule has 0 saturated heterocycles. The fourth-order valence-corrected chi connectivity index (χ4v) is 3.14. The molecular weight excluding hydrogens is 378 g/mol. The molecule has 2 heterocycles. The molecule has 0 atom stereocenters. The van der Waals surface area contributed by atoms with Gasteiger partial charge in [0.1, 0.15) is 11.5 Å². The van der Waals surface area contributed by atoms with Crippen molar-refractivity contribution in [2.24, 2.45) is 0 Å². The Balaban J connectivity index is 1.25. The molecule has 1 amide bonds. The third-order valence-electron chi connectivity index (χ3n) is 3.90. The van der Waals surface area contributed by atoms with E-state index in [2.05, 4.69) is 15.5 Å². The number of hydrogen-bond donors (Lipinski definition) is 1. The zero-order valence-corrected chi connectivity index (χ0v) is 15.6. The molecule has 0 unspecified atom stereocenters. The van der Waals surface area contributed by atoms with Crippen LogP contribution in [0.25, 0.3) is 10.8 Å². The maximum absolute atomic E-state index is 11.8. The van der Waals surface area contributed by atoms with Crippen LogP contribution >= 0.6 is 11.8 Å². The lowest BCUT2D eigenvalue weighted by atomic mass is 10.1. The first-order valence-electron chi connectivity index (χ1n) is 8.62. The molecule has 1 N–H and O–H groups in total. The molecule has 0 aliphatic rings. The first-order chi connectivity index (χ1) is 13.8. The van der Waals surface area contributed by atoms with Gasteiger partial charge in [-0.2, -0.15) is 0 Å². The van der Waals surface area contributed by atoms with Crippen LogP contribution in [0.1, 0.15) is 11.7 Å². The van der Waals surface area contributed by atoms with Gasteiger partial charge in [-0.25, -0.2) is 0 Å². The van der Waals surface area contributed by atoms with Crippen LogP contribution in [-0.4, -0.2) is 21.9 Å². The van der Waals surface area contributed by atoms with Crippen molar-refractivity contribution < 1.29 is 18.4 Å². The van der Waals surface area contributed by atoms with Gasteiger partial charge >= 0.3 is 0 Å². The van der Waals surface area contributed by atoms with Crippen LogP contribution in [0.5, 0.6) is 5.75 Å². The summed E-state index contributed by atoms with van der Waals surface area (Å²) >= 11 is 1.17. The average Bonchev–Trinajstić information content (AvgIpc) is 3.41. The number of carbonyl (C=O) groups excluding carboxylic acids is 1. The summed E-state index contributed by atoms with van der Waals surface area (Å²) in [4.78, 5) is 11.8. The summed E-state index contributed by atoms with van der Waals surface area (Å²) in [6.07, 6.45) is 1.57. The highest BCUT2D eigenvalue weighted by atomic mass is 32.2. The van der Waals surface area contributed by atoms with Gasteiger partial charge in [-0.1, -0.05) is 42.1 Å². The third-order valence-corrected chi connectivity index (χ3v) is 4.72. The second-order valence-electron chi connectivity index (χ2n) is 5.90. The molecule has 4 aromatic rings. The van der Waals surface area contributed by atoms with Gasteiger partial charge in [0.05, 0.1) is 18.6 Å². The molecule has 4 rings (SSSR count). The highest BCUT2D eigenvalue weighted by Crippen LogP contribution is 2.22. The summed E-state index contributed by atoms with van der Waals surface area (Å²) in [6.45, 7) is 0.512. The number of aromatic nitrogens is 2. The van der Waals surface area contributed by atoms with Crippen LogP contribution in [0.4, 0.5) is 0 Å². The molecule has 0 fully saturated rings. The SMILES string of the molecule is O=C(CSc1nnc(COc2ccc3ccccc3c2)o1)NCc1ccco1. The molecule has 0 aliphatic carbocycles.